The van der Waals surface area contributed by atoms with E-state index in [0.717, 1.165) is 14.9 Å². The molecule has 0 saturated heterocycles. The number of aryl methyl sites for hydroxylation is 2. The number of hydrogen-bond acceptors (Lipinski definition) is 3. The van der Waals surface area contributed by atoms with Crippen LogP contribution in [-0.2, 0) is 11.2 Å². The minimum atomic E-state index is -0.144. The average Bonchev–Trinajstić information content (AvgIpc) is 2.79. The molecule has 0 saturated carbocycles. The highest BCUT2D eigenvalue weighted by atomic mass is 127. The number of halogens is 1. The number of carbonyl (C=O) groups is 1. The third-order valence-electron chi connectivity index (χ3n) is 2.82. The molecule has 104 valence electrons. The molecule has 1 heterocycles. The van der Waals surface area contributed by atoms with Crippen molar-refractivity contribution in [3.8, 4) is 0 Å². The van der Waals surface area contributed by atoms with E-state index in [4.69, 9.17) is 4.42 Å². The van der Waals surface area contributed by atoms with Crippen molar-refractivity contribution in [3.05, 3.63) is 56.5 Å². The smallest absolute Gasteiger partial charge is 0.244 e. The molecule has 0 aliphatic rings. The second-order valence-corrected chi connectivity index (χ2v) is 5.60. The van der Waals surface area contributed by atoms with Gasteiger partial charge in [-0.1, -0.05) is 23.8 Å². The van der Waals surface area contributed by atoms with Gasteiger partial charge in [-0.05, 0) is 59.7 Å². The zero-order chi connectivity index (χ0) is 14.5. The van der Waals surface area contributed by atoms with Crippen molar-refractivity contribution in [2.24, 2.45) is 5.10 Å². The summed E-state index contributed by atoms with van der Waals surface area (Å²) in [6, 6.07) is 9.67. The standard InChI is InChI=1S/C15H15IN2O2/c1-10-3-4-12(11(2)7-10)8-15(19)18-17-9-13-5-6-14(16)20-13/h3-7,9H,8H2,1-2H3,(H,18,19)/b17-9+. The third-order valence-corrected chi connectivity index (χ3v) is 3.40. The van der Waals surface area contributed by atoms with Crippen LogP contribution in [0.1, 0.15) is 22.5 Å². The molecular weight excluding hydrogens is 367 g/mol. The molecule has 0 spiro atoms. The van der Waals surface area contributed by atoms with E-state index >= 15 is 0 Å². The Bertz CT molecular complexity index is 647. The Labute approximate surface area is 131 Å². The molecule has 1 aromatic heterocycles. The maximum Gasteiger partial charge on any atom is 0.244 e. The van der Waals surface area contributed by atoms with Crippen molar-refractivity contribution in [3.63, 3.8) is 0 Å². The molecule has 0 aliphatic carbocycles. The van der Waals surface area contributed by atoms with E-state index < -0.39 is 0 Å². The van der Waals surface area contributed by atoms with Gasteiger partial charge in [0.15, 0.2) is 3.77 Å². The SMILES string of the molecule is Cc1ccc(CC(=O)N/N=C/c2ccc(I)o2)c(C)c1. The molecule has 20 heavy (non-hydrogen) atoms. The Hall–Kier alpha value is -1.63. The van der Waals surface area contributed by atoms with E-state index in [0.29, 0.717) is 12.2 Å². The summed E-state index contributed by atoms with van der Waals surface area (Å²) in [6.45, 7) is 4.04. The number of amides is 1. The molecule has 0 unspecified atom stereocenters. The van der Waals surface area contributed by atoms with Gasteiger partial charge in [-0.3, -0.25) is 4.79 Å². The summed E-state index contributed by atoms with van der Waals surface area (Å²) < 4.78 is 6.08. The quantitative estimate of drug-likeness (QED) is 0.502. The Kier molecular flexibility index (Phi) is 4.94. The third kappa shape index (κ3) is 4.19. The summed E-state index contributed by atoms with van der Waals surface area (Å²) in [5, 5.41) is 3.88. The second kappa shape index (κ2) is 6.69. The van der Waals surface area contributed by atoms with Crippen LogP contribution in [0.3, 0.4) is 0 Å². The molecule has 2 aromatic rings. The first-order valence-corrected chi connectivity index (χ1v) is 7.26. The van der Waals surface area contributed by atoms with Crippen LogP contribution < -0.4 is 5.43 Å². The monoisotopic (exact) mass is 382 g/mol. The number of carbonyl (C=O) groups excluding carboxylic acids is 1. The minimum Gasteiger partial charge on any atom is -0.449 e. The molecular formula is C15H15IN2O2. The van der Waals surface area contributed by atoms with E-state index in [2.05, 4.69) is 39.2 Å². The van der Waals surface area contributed by atoms with Crippen molar-refractivity contribution in [1.29, 1.82) is 0 Å². The lowest BCUT2D eigenvalue weighted by atomic mass is 10.0. The van der Waals surface area contributed by atoms with E-state index in [1.54, 1.807) is 6.07 Å². The fourth-order valence-electron chi connectivity index (χ4n) is 1.82. The lowest BCUT2D eigenvalue weighted by Crippen LogP contribution is -2.20. The van der Waals surface area contributed by atoms with E-state index in [-0.39, 0.29) is 5.91 Å². The van der Waals surface area contributed by atoms with E-state index in [9.17, 15) is 4.79 Å². The molecule has 0 atom stereocenters. The van der Waals surface area contributed by atoms with Crippen LogP contribution >= 0.6 is 22.6 Å². The topological polar surface area (TPSA) is 54.6 Å². The summed E-state index contributed by atoms with van der Waals surface area (Å²) >= 11 is 2.07. The van der Waals surface area contributed by atoms with Crippen LogP contribution in [0.4, 0.5) is 0 Å². The summed E-state index contributed by atoms with van der Waals surface area (Å²) in [7, 11) is 0. The van der Waals surface area contributed by atoms with Gasteiger partial charge in [0, 0.05) is 0 Å². The predicted octanol–water partition coefficient (Wildman–Crippen LogP) is 3.19. The molecule has 1 amide bonds. The number of nitrogens with one attached hydrogen (secondary N) is 1. The molecule has 1 N–H and O–H groups in total. The zero-order valence-electron chi connectivity index (χ0n) is 11.3. The summed E-state index contributed by atoms with van der Waals surface area (Å²) in [5.41, 5.74) is 5.82. The minimum absolute atomic E-state index is 0.144. The van der Waals surface area contributed by atoms with E-state index in [1.807, 2.05) is 32.0 Å². The second-order valence-electron chi connectivity index (χ2n) is 4.54. The van der Waals surface area contributed by atoms with E-state index in [1.165, 1.54) is 11.8 Å². The van der Waals surface area contributed by atoms with Gasteiger partial charge in [0.05, 0.1) is 12.6 Å². The van der Waals surface area contributed by atoms with Crippen LogP contribution in [0, 0.1) is 17.6 Å². The van der Waals surface area contributed by atoms with Gasteiger partial charge in [-0.25, -0.2) is 5.43 Å². The van der Waals surface area contributed by atoms with Crippen molar-refractivity contribution < 1.29 is 9.21 Å². The molecule has 0 radical (unpaired) electrons. The number of rotatable bonds is 4. The Morgan fingerprint density at radius 2 is 2.15 bits per heavy atom. The zero-order valence-corrected chi connectivity index (χ0v) is 13.5. The number of benzene rings is 1. The lowest BCUT2D eigenvalue weighted by Gasteiger charge is -2.05. The molecule has 5 heteroatoms. The Balaban J connectivity index is 1.91. The fraction of sp³-hybridized carbons (Fsp3) is 0.200. The Morgan fingerprint density at radius 3 is 2.80 bits per heavy atom. The van der Waals surface area contributed by atoms with Crippen LogP contribution in [0.15, 0.2) is 39.9 Å². The molecule has 0 aliphatic heterocycles. The number of hydrazone groups is 1. The first-order chi connectivity index (χ1) is 9.54. The first kappa shape index (κ1) is 14.8. The van der Waals surface area contributed by atoms with Gasteiger partial charge < -0.3 is 4.42 Å². The van der Waals surface area contributed by atoms with Crippen LogP contribution in [0.2, 0.25) is 0 Å². The first-order valence-electron chi connectivity index (χ1n) is 6.18. The number of furan rings is 1. The maximum absolute atomic E-state index is 11.8. The normalized spacial score (nSPS) is 10.9. The molecule has 4 nitrogen and oxygen atoms in total. The summed E-state index contributed by atoms with van der Waals surface area (Å²) in [6.07, 6.45) is 1.81. The van der Waals surface area contributed by atoms with Crippen LogP contribution in [0.5, 0.6) is 0 Å². The average molecular weight is 382 g/mol. The van der Waals surface area contributed by atoms with Gasteiger partial charge in [0.25, 0.3) is 0 Å². The van der Waals surface area contributed by atoms with Gasteiger partial charge >= 0.3 is 0 Å². The highest BCUT2D eigenvalue weighted by Gasteiger charge is 2.05. The number of hydrogen-bond donors (Lipinski definition) is 1. The summed E-state index contributed by atoms with van der Waals surface area (Å²) in [4.78, 5) is 11.8. The largest absolute Gasteiger partial charge is 0.449 e. The predicted molar refractivity (Wildman–Crippen MR) is 86.8 cm³/mol. The fourth-order valence-corrected chi connectivity index (χ4v) is 2.26. The van der Waals surface area contributed by atoms with Crippen LogP contribution in [-0.4, -0.2) is 12.1 Å². The number of nitrogens with zero attached hydrogens (tertiary/aromatic N) is 1. The highest BCUT2D eigenvalue weighted by Crippen LogP contribution is 2.11. The van der Waals surface area contributed by atoms with Crippen molar-refractivity contribution in [1.82, 2.24) is 5.43 Å². The highest BCUT2D eigenvalue weighted by molar-refractivity contribution is 14.1. The summed E-state index contributed by atoms with van der Waals surface area (Å²) in [5.74, 6) is 0.468. The molecule has 0 fully saturated rings. The van der Waals surface area contributed by atoms with Gasteiger partial charge in [-0.2, -0.15) is 5.10 Å². The van der Waals surface area contributed by atoms with Gasteiger partial charge in [-0.15, -0.1) is 0 Å². The van der Waals surface area contributed by atoms with Crippen molar-refractivity contribution >= 4 is 34.7 Å². The molecule has 1 aromatic carbocycles. The van der Waals surface area contributed by atoms with Crippen molar-refractivity contribution in [2.75, 3.05) is 0 Å². The molecule has 0 bridgehead atoms. The molecule has 2 rings (SSSR count). The van der Waals surface area contributed by atoms with Crippen LogP contribution in [0.25, 0.3) is 0 Å². The van der Waals surface area contributed by atoms with Crippen molar-refractivity contribution in [2.45, 2.75) is 20.3 Å². The van der Waals surface area contributed by atoms with Gasteiger partial charge in [0.2, 0.25) is 5.91 Å². The lowest BCUT2D eigenvalue weighted by molar-refractivity contribution is -0.120. The van der Waals surface area contributed by atoms with Gasteiger partial charge in [0.1, 0.15) is 5.76 Å². The Morgan fingerprint density at radius 1 is 1.35 bits per heavy atom. The maximum atomic E-state index is 11.8.